The van der Waals surface area contributed by atoms with Crippen molar-refractivity contribution in [1.82, 2.24) is 9.78 Å². The number of nitro groups is 1. The van der Waals surface area contributed by atoms with Gasteiger partial charge in [-0.1, -0.05) is 24.3 Å². The third-order valence-electron chi connectivity index (χ3n) is 3.72. The number of carbonyl (C=O) groups excluding carboxylic acids is 1. The summed E-state index contributed by atoms with van der Waals surface area (Å²) in [6.07, 6.45) is 1.99. The molecule has 1 N–H and O–H groups in total. The third kappa shape index (κ3) is 4.15. The molecule has 0 radical (unpaired) electrons. The second-order valence-corrected chi connectivity index (χ2v) is 6.58. The normalized spacial score (nSPS) is 10.5. The zero-order chi connectivity index (χ0) is 18.7. The van der Waals surface area contributed by atoms with Crippen molar-refractivity contribution in [3.05, 3.63) is 74.9 Å². The van der Waals surface area contributed by atoms with E-state index in [9.17, 15) is 14.9 Å². The third-order valence-corrected chi connectivity index (χ3v) is 4.30. The number of anilines is 1. The average Bonchev–Trinajstić information content (AvgIpc) is 2.94. The molecule has 0 atom stereocenters. The van der Waals surface area contributed by atoms with Gasteiger partial charge in [-0.15, -0.1) is 0 Å². The summed E-state index contributed by atoms with van der Waals surface area (Å²) in [5, 5.41) is 17.9. The quantitative estimate of drug-likeness (QED) is 0.505. The van der Waals surface area contributed by atoms with Gasteiger partial charge in [0.2, 0.25) is 5.91 Å². The minimum atomic E-state index is -0.467. The van der Waals surface area contributed by atoms with Gasteiger partial charge in [0.05, 0.1) is 15.8 Å². The number of carbonyl (C=O) groups is 1. The molecule has 7 nitrogen and oxygen atoms in total. The van der Waals surface area contributed by atoms with Crippen molar-refractivity contribution in [3.8, 4) is 11.3 Å². The molecule has 0 aliphatic rings. The molecule has 132 valence electrons. The van der Waals surface area contributed by atoms with Crippen LogP contribution in [0.5, 0.6) is 0 Å². The van der Waals surface area contributed by atoms with Crippen LogP contribution in [0.25, 0.3) is 11.3 Å². The molecule has 1 aromatic heterocycles. The van der Waals surface area contributed by atoms with Gasteiger partial charge in [-0.25, -0.2) is 0 Å². The number of non-ortho nitro benzene ring substituents is 1. The zero-order valence-corrected chi connectivity index (χ0v) is 15.4. The molecule has 3 rings (SSSR count). The topological polar surface area (TPSA) is 90.1 Å². The Morgan fingerprint density at radius 2 is 2.00 bits per heavy atom. The van der Waals surface area contributed by atoms with E-state index < -0.39 is 4.92 Å². The van der Waals surface area contributed by atoms with E-state index in [4.69, 9.17) is 0 Å². The molecule has 0 spiro atoms. The van der Waals surface area contributed by atoms with Crippen LogP contribution in [0.4, 0.5) is 11.4 Å². The summed E-state index contributed by atoms with van der Waals surface area (Å²) < 4.78 is 2.58. The highest BCUT2D eigenvalue weighted by Crippen LogP contribution is 2.28. The molecule has 0 saturated heterocycles. The van der Waals surface area contributed by atoms with Crippen molar-refractivity contribution < 1.29 is 9.72 Å². The first kappa shape index (κ1) is 17.8. The van der Waals surface area contributed by atoms with E-state index in [0.29, 0.717) is 11.3 Å². The van der Waals surface area contributed by atoms with Crippen molar-refractivity contribution in [2.24, 2.45) is 7.05 Å². The number of halogens is 1. The summed E-state index contributed by atoms with van der Waals surface area (Å²) in [5.41, 5.74) is 3.04. The number of rotatable bonds is 5. The Balaban J connectivity index is 1.70. The molecule has 0 aliphatic carbocycles. The summed E-state index contributed by atoms with van der Waals surface area (Å²) in [6, 6.07) is 13.4. The van der Waals surface area contributed by atoms with Crippen LogP contribution >= 0.6 is 15.9 Å². The smallest absolute Gasteiger partial charge is 0.269 e. The summed E-state index contributed by atoms with van der Waals surface area (Å²) in [4.78, 5) is 22.4. The number of hydrogen-bond acceptors (Lipinski definition) is 4. The van der Waals surface area contributed by atoms with Crippen molar-refractivity contribution >= 4 is 33.2 Å². The SMILES string of the molecule is Cn1cc(Br)c(-c2cccc(NC(=O)Cc3ccc([N+](=O)[O-])cc3)c2)n1. The highest BCUT2D eigenvalue weighted by atomic mass is 79.9. The lowest BCUT2D eigenvalue weighted by molar-refractivity contribution is -0.384. The van der Waals surface area contributed by atoms with Gasteiger partial charge in [0.1, 0.15) is 5.69 Å². The number of nitrogens with one attached hydrogen (secondary N) is 1. The number of hydrogen-bond donors (Lipinski definition) is 1. The minimum absolute atomic E-state index is 0.00259. The maximum absolute atomic E-state index is 12.2. The number of amides is 1. The Kier molecular flexibility index (Phi) is 5.13. The molecule has 0 unspecified atom stereocenters. The fourth-order valence-corrected chi connectivity index (χ4v) is 3.13. The molecule has 1 heterocycles. The number of aromatic nitrogens is 2. The lowest BCUT2D eigenvalue weighted by atomic mass is 10.1. The van der Waals surface area contributed by atoms with Gasteiger partial charge in [-0.05, 0) is 33.6 Å². The van der Waals surface area contributed by atoms with E-state index in [1.807, 2.05) is 31.4 Å². The lowest BCUT2D eigenvalue weighted by Gasteiger charge is -2.07. The Morgan fingerprint density at radius 1 is 1.27 bits per heavy atom. The highest BCUT2D eigenvalue weighted by molar-refractivity contribution is 9.10. The van der Waals surface area contributed by atoms with Crippen LogP contribution < -0.4 is 5.32 Å². The van der Waals surface area contributed by atoms with Gasteiger partial charge < -0.3 is 5.32 Å². The predicted molar refractivity (Wildman–Crippen MR) is 102 cm³/mol. The van der Waals surface area contributed by atoms with Crippen molar-refractivity contribution in [2.75, 3.05) is 5.32 Å². The van der Waals surface area contributed by atoms with E-state index in [2.05, 4.69) is 26.3 Å². The fourth-order valence-electron chi connectivity index (χ4n) is 2.53. The van der Waals surface area contributed by atoms with Crippen LogP contribution in [0.3, 0.4) is 0 Å². The van der Waals surface area contributed by atoms with Crippen LogP contribution in [0.2, 0.25) is 0 Å². The van der Waals surface area contributed by atoms with Gasteiger partial charge in [0.25, 0.3) is 5.69 Å². The van der Waals surface area contributed by atoms with Crippen LogP contribution in [0.15, 0.2) is 59.2 Å². The molecular formula is C18H15BrN4O3. The predicted octanol–water partition coefficient (Wildman–Crippen LogP) is 3.94. The molecule has 1 amide bonds. The average molecular weight is 415 g/mol. The van der Waals surface area contributed by atoms with Crippen LogP contribution in [0.1, 0.15) is 5.56 Å². The maximum Gasteiger partial charge on any atom is 0.269 e. The summed E-state index contributed by atoms with van der Waals surface area (Å²) in [6.45, 7) is 0. The first-order valence-corrected chi connectivity index (χ1v) is 8.54. The van der Waals surface area contributed by atoms with Crippen molar-refractivity contribution in [1.29, 1.82) is 0 Å². The van der Waals surface area contributed by atoms with Crippen molar-refractivity contribution in [3.63, 3.8) is 0 Å². The molecular weight excluding hydrogens is 400 g/mol. The minimum Gasteiger partial charge on any atom is -0.326 e. The van der Waals surface area contributed by atoms with E-state index in [-0.39, 0.29) is 18.0 Å². The van der Waals surface area contributed by atoms with E-state index in [0.717, 1.165) is 15.7 Å². The van der Waals surface area contributed by atoms with Gasteiger partial charge in [-0.2, -0.15) is 5.10 Å². The molecule has 0 bridgehead atoms. The summed E-state index contributed by atoms with van der Waals surface area (Å²) in [7, 11) is 1.84. The molecule has 0 aliphatic heterocycles. The van der Waals surface area contributed by atoms with Crippen LogP contribution in [-0.2, 0) is 18.3 Å². The fraction of sp³-hybridized carbons (Fsp3) is 0.111. The van der Waals surface area contributed by atoms with Gasteiger partial charge in [-0.3, -0.25) is 19.6 Å². The standard InChI is InChI=1S/C18H15BrN4O3/c1-22-11-16(19)18(21-22)13-3-2-4-14(10-13)20-17(24)9-12-5-7-15(8-6-12)23(25)26/h2-8,10-11H,9H2,1H3,(H,20,24). The summed E-state index contributed by atoms with van der Waals surface area (Å²) >= 11 is 3.47. The lowest BCUT2D eigenvalue weighted by Crippen LogP contribution is -2.14. The second-order valence-electron chi connectivity index (χ2n) is 5.73. The van der Waals surface area contributed by atoms with Crippen molar-refractivity contribution in [2.45, 2.75) is 6.42 Å². The van der Waals surface area contributed by atoms with Gasteiger partial charge >= 0.3 is 0 Å². The number of benzene rings is 2. The van der Waals surface area contributed by atoms with E-state index in [1.165, 1.54) is 12.1 Å². The maximum atomic E-state index is 12.2. The highest BCUT2D eigenvalue weighted by Gasteiger charge is 2.11. The zero-order valence-electron chi connectivity index (χ0n) is 13.8. The Labute approximate surface area is 157 Å². The molecule has 0 saturated carbocycles. The van der Waals surface area contributed by atoms with E-state index in [1.54, 1.807) is 22.9 Å². The number of nitrogens with zero attached hydrogens (tertiary/aromatic N) is 3. The van der Waals surface area contributed by atoms with Gasteiger partial charge in [0.15, 0.2) is 0 Å². The number of aryl methyl sites for hydroxylation is 1. The number of nitro benzene ring substituents is 1. The summed E-state index contributed by atoms with van der Waals surface area (Å²) in [5.74, 6) is -0.198. The first-order chi connectivity index (χ1) is 12.4. The van der Waals surface area contributed by atoms with E-state index >= 15 is 0 Å². The molecule has 8 heteroatoms. The second kappa shape index (κ2) is 7.49. The molecule has 3 aromatic rings. The van der Waals surface area contributed by atoms with Crippen LogP contribution in [-0.4, -0.2) is 20.6 Å². The largest absolute Gasteiger partial charge is 0.326 e. The van der Waals surface area contributed by atoms with Gasteiger partial charge in [0, 0.05) is 36.6 Å². The Hall–Kier alpha value is -3.00. The Bertz CT molecular complexity index is 967. The Morgan fingerprint density at radius 3 is 2.62 bits per heavy atom. The van der Waals surface area contributed by atoms with Crippen LogP contribution in [0, 0.1) is 10.1 Å². The molecule has 2 aromatic carbocycles. The monoisotopic (exact) mass is 414 g/mol. The molecule has 0 fully saturated rings. The first-order valence-electron chi connectivity index (χ1n) is 7.75. The molecule has 26 heavy (non-hydrogen) atoms.